The van der Waals surface area contributed by atoms with Crippen molar-refractivity contribution in [3.05, 3.63) is 80.0 Å². The fraction of sp³-hybridized carbons (Fsp3) is 0.241. The number of carbonyl (C=O) groups is 1. The van der Waals surface area contributed by atoms with Crippen LogP contribution in [0.3, 0.4) is 0 Å². The van der Waals surface area contributed by atoms with Crippen molar-refractivity contribution in [2.45, 2.75) is 26.7 Å². The summed E-state index contributed by atoms with van der Waals surface area (Å²) in [7, 11) is 3.09. The molecule has 0 unspecified atom stereocenters. The highest BCUT2D eigenvalue weighted by atomic mass is 79.9. The molecule has 0 aliphatic heterocycles. The largest absolute Gasteiger partial charge is 0.496 e. The molecule has 39 heavy (non-hydrogen) atoms. The van der Waals surface area contributed by atoms with Crippen molar-refractivity contribution in [3.8, 4) is 28.6 Å². The minimum atomic E-state index is -1.11. The highest BCUT2D eigenvalue weighted by Gasteiger charge is 2.19. The number of rotatable bonds is 9. The number of aromatic nitrogens is 2. The van der Waals surface area contributed by atoms with E-state index in [1.54, 1.807) is 37.4 Å². The van der Waals surface area contributed by atoms with E-state index in [9.17, 15) is 9.59 Å². The minimum Gasteiger partial charge on any atom is -0.496 e. The number of hydrogen-bond donors (Lipinski definition) is 1. The van der Waals surface area contributed by atoms with Gasteiger partial charge in [0.25, 0.3) is 5.56 Å². The van der Waals surface area contributed by atoms with Crippen LogP contribution >= 0.6 is 15.9 Å². The zero-order valence-corrected chi connectivity index (χ0v) is 23.8. The van der Waals surface area contributed by atoms with Gasteiger partial charge in [0.05, 0.1) is 31.3 Å². The van der Waals surface area contributed by atoms with E-state index in [0.29, 0.717) is 32.5 Å². The Balaban J connectivity index is 1.91. The average molecular weight is 594 g/mol. The van der Waals surface area contributed by atoms with Crippen LogP contribution in [0.1, 0.15) is 36.5 Å². The van der Waals surface area contributed by atoms with E-state index in [1.807, 2.05) is 25.1 Å². The number of fused-ring (bicyclic) bond motifs is 1. The number of aliphatic carboxylic acids is 1. The van der Waals surface area contributed by atoms with Gasteiger partial charge in [-0.25, -0.2) is 9.78 Å². The van der Waals surface area contributed by atoms with E-state index >= 15 is 0 Å². The normalized spacial score (nSPS) is 11.4. The number of carboxylic acids is 1. The van der Waals surface area contributed by atoms with Gasteiger partial charge in [-0.05, 0) is 76.3 Å². The smallest absolute Gasteiger partial charge is 0.341 e. The molecule has 1 aromatic heterocycles. The quantitative estimate of drug-likeness (QED) is 0.250. The van der Waals surface area contributed by atoms with Gasteiger partial charge in [0, 0.05) is 15.6 Å². The maximum absolute atomic E-state index is 13.7. The summed E-state index contributed by atoms with van der Waals surface area (Å²) in [6, 6.07) is 14.3. The lowest BCUT2D eigenvalue weighted by molar-refractivity contribution is -0.139. The lowest BCUT2D eigenvalue weighted by atomic mass is 9.96. The maximum Gasteiger partial charge on any atom is 0.341 e. The number of methoxy groups -OCH3 is 2. The predicted octanol–water partition coefficient (Wildman–Crippen LogP) is 5.62. The second-order valence-electron chi connectivity index (χ2n) is 9.08. The highest BCUT2D eigenvalue weighted by Crippen LogP contribution is 2.35. The van der Waals surface area contributed by atoms with Gasteiger partial charge >= 0.3 is 5.97 Å². The number of ether oxygens (including phenoxy) is 3. The standard InChI is InChI=1S/C29H28BrN3O6/c1-16(2)20-12-21(17(3)10-24(20)37-4)28-32-23-9-7-6-8-19(23)29(36)33(28)31-14-18-11-25(38-5)26(13-22(18)30)39-15-27(34)35/h6-14,16H,15H2,1-5H3,(H,34,35). The molecule has 4 rings (SSSR count). The molecule has 0 atom stereocenters. The van der Waals surface area contributed by atoms with Gasteiger partial charge < -0.3 is 19.3 Å². The van der Waals surface area contributed by atoms with Crippen LogP contribution in [0.25, 0.3) is 22.3 Å². The van der Waals surface area contributed by atoms with E-state index in [4.69, 9.17) is 24.3 Å². The van der Waals surface area contributed by atoms with E-state index in [2.05, 4.69) is 34.9 Å². The van der Waals surface area contributed by atoms with Crippen LogP contribution in [0.5, 0.6) is 17.2 Å². The van der Waals surface area contributed by atoms with Crippen LogP contribution in [0.15, 0.2) is 62.9 Å². The summed E-state index contributed by atoms with van der Waals surface area (Å²) in [6.07, 6.45) is 1.51. The average Bonchev–Trinajstić information content (AvgIpc) is 2.91. The number of halogens is 1. The fourth-order valence-electron chi connectivity index (χ4n) is 4.15. The SMILES string of the molecule is COc1cc(C=Nn2c(-c3cc(C(C)C)c(OC)cc3C)nc3ccccc3c2=O)c(Br)cc1OCC(=O)O. The Morgan fingerprint density at radius 2 is 1.82 bits per heavy atom. The third-order valence-corrected chi connectivity index (χ3v) is 6.83. The zero-order valence-electron chi connectivity index (χ0n) is 22.2. The summed E-state index contributed by atoms with van der Waals surface area (Å²) >= 11 is 3.47. The second-order valence-corrected chi connectivity index (χ2v) is 9.94. The Bertz CT molecular complexity index is 1640. The summed E-state index contributed by atoms with van der Waals surface area (Å²) in [5.74, 6) is 0.798. The second kappa shape index (κ2) is 11.7. The third-order valence-electron chi connectivity index (χ3n) is 6.14. The summed E-state index contributed by atoms with van der Waals surface area (Å²) in [5, 5.41) is 13.9. The van der Waals surface area contributed by atoms with Crippen molar-refractivity contribution < 1.29 is 24.1 Å². The molecule has 9 nitrogen and oxygen atoms in total. The van der Waals surface area contributed by atoms with E-state index < -0.39 is 12.6 Å². The fourth-order valence-corrected chi connectivity index (χ4v) is 4.58. The van der Waals surface area contributed by atoms with Crippen molar-refractivity contribution in [1.29, 1.82) is 0 Å². The first-order valence-corrected chi connectivity index (χ1v) is 12.9. The van der Waals surface area contributed by atoms with Crippen LogP contribution in [-0.2, 0) is 4.79 Å². The van der Waals surface area contributed by atoms with Gasteiger partial charge in [0.1, 0.15) is 5.75 Å². The van der Waals surface area contributed by atoms with Crippen molar-refractivity contribution >= 4 is 39.0 Å². The lowest BCUT2D eigenvalue weighted by Crippen LogP contribution is -2.21. The summed E-state index contributed by atoms with van der Waals surface area (Å²) in [5.41, 5.74) is 3.44. The highest BCUT2D eigenvalue weighted by molar-refractivity contribution is 9.10. The van der Waals surface area contributed by atoms with Gasteiger partial charge in [-0.2, -0.15) is 9.78 Å². The molecule has 0 aliphatic rings. The minimum absolute atomic E-state index is 0.175. The Morgan fingerprint density at radius 1 is 1.10 bits per heavy atom. The molecule has 0 bridgehead atoms. The topological polar surface area (TPSA) is 112 Å². The molecule has 0 radical (unpaired) electrons. The first-order valence-electron chi connectivity index (χ1n) is 12.1. The molecule has 3 aromatic carbocycles. The maximum atomic E-state index is 13.7. The Kier molecular flexibility index (Phi) is 8.35. The summed E-state index contributed by atoms with van der Waals surface area (Å²) in [4.78, 5) is 29.5. The molecule has 0 amide bonds. The van der Waals surface area contributed by atoms with Crippen LogP contribution in [0, 0.1) is 6.92 Å². The Morgan fingerprint density at radius 3 is 2.49 bits per heavy atom. The number of nitrogens with zero attached hydrogens (tertiary/aromatic N) is 3. The molecule has 0 fully saturated rings. The van der Waals surface area contributed by atoms with Crippen molar-refractivity contribution in [3.63, 3.8) is 0 Å². The van der Waals surface area contributed by atoms with Gasteiger partial charge in [-0.1, -0.05) is 26.0 Å². The number of carboxylic acid groups (broad SMARTS) is 1. The Hall–Kier alpha value is -4.18. The number of aryl methyl sites for hydroxylation is 1. The van der Waals surface area contributed by atoms with Crippen LogP contribution in [0.4, 0.5) is 0 Å². The van der Waals surface area contributed by atoms with Crippen molar-refractivity contribution in [2.24, 2.45) is 5.10 Å². The first-order chi connectivity index (χ1) is 18.6. The first kappa shape index (κ1) is 27.8. The Labute approximate surface area is 233 Å². The van der Waals surface area contributed by atoms with E-state index in [1.165, 1.54) is 18.0 Å². The van der Waals surface area contributed by atoms with Crippen molar-refractivity contribution in [2.75, 3.05) is 20.8 Å². The third kappa shape index (κ3) is 5.80. The predicted molar refractivity (Wildman–Crippen MR) is 154 cm³/mol. The van der Waals surface area contributed by atoms with Crippen LogP contribution in [-0.4, -0.2) is 47.8 Å². The lowest BCUT2D eigenvalue weighted by Gasteiger charge is -2.17. The monoisotopic (exact) mass is 593 g/mol. The zero-order chi connectivity index (χ0) is 28.3. The molecule has 10 heteroatoms. The summed E-state index contributed by atoms with van der Waals surface area (Å²) < 4.78 is 18.2. The number of benzene rings is 3. The van der Waals surface area contributed by atoms with E-state index in [0.717, 1.165) is 22.4 Å². The molecule has 202 valence electrons. The molecule has 0 aliphatic carbocycles. The molecule has 1 heterocycles. The molecule has 0 spiro atoms. The number of hydrogen-bond acceptors (Lipinski definition) is 7. The molecule has 0 saturated carbocycles. The van der Waals surface area contributed by atoms with E-state index in [-0.39, 0.29) is 17.2 Å². The number of para-hydroxylation sites is 1. The molecular weight excluding hydrogens is 566 g/mol. The van der Waals surface area contributed by atoms with Crippen LogP contribution in [0.2, 0.25) is 0 Å². The summed E-state index contributed by atoms with van der Waals surface area (Å²) in [6.45, 7) is 5.57. The molecular formula is C29H28BrN3O6. The van der Waals surface area contributed by atoms with Crippen molar-refractivity contribution in [1.82, 2.24) is 9.66 Å². The van der Waals surface area contributed by atoms with Gasteiger partial charge in [0.15, 0.2) is 23.9 Å². The van der Waals surface area contributed by atoms with Gasteiger partial charge in [-0.15, -0.1) is 0 Å². The molecule has 4 aromatic rings. The van der Waals surface area contributed by atoms with Gasteiger partial charge in [-0.3, -0.25) is 4.79 Å². The molecule has 1 N–H and O–H groups in total. The molecule has 0 saturated heterocycles. The van der Waals surface area contributed by atoms with Crippen LogP contribution < -0.4 is 19.8 Å². The van der Waals surface area contributed by atoms with Gasteiger partial charge in [0.2, 0.25) is 0 Å².